The molecule has 1 aromatic rings. The van der Waals surface area contributed by atoms with Crippen molar-refractivity contribution in [2.75, 3.05) is 13.1 Å². The number of hydrogen-bond donors (Lipinski definition) is 1. The molecule has 128 valence electrons. The van der Waals surface area contributed by atoms with Gasteiger partial charge in [-0.3, -0.25) is 9.69 Å². The van der Waals surface area contributed by atoms with Crippen molar-refractivity contribution in [2.45, 2.75) is 43.6 Å². The van der Waals surface area contributed by atoms with Crippen LogP contribution < -0.4 is 14.8 Å². The van der Waals surface area contributed by atoms with E-state index in [1.165, 1.54) is 18.2 Å². The van der Waals surface area contributed by atoms with Crippen molar-refractivity contribution in [3.05, 3.63) is 23.8 Å². The molecule has 1 aromatic carbocycles. The molecule has 1 amide bonds. The molecule has 0 aromatic heterocycles. The predicted molar refractivity (Wildman–Crippen MR) is 80.2 cm³/mol. The Morgan fingerprint density at radius 3 is 2.58 bits per heavy atom. The second kappa shape index (κ2) is 4.59. The van der Waals surface area contributed by atoms with Gasteiger partial charge in [0.25, 0.3) is 5.91 Å². The monoisotopic (exact) mass is 336 g/mol. The molecule has 5 aliphatic rings. The van der Waals surface area contributed by atoms with Crippen LogP contribution in [0.5, 0.6) is 11.5 Å². The summed E-state index contributed by atoms with van der Waals surface area (Å²) >= 11 is 0. The van der Waals surface area contributed by atoms with E-state index in [9.17, 15) is 13.6 Å². The molecule has 6 rings (SSSR count). The lowest BCUT2D eigenvalue weighted by Crippen LogP contribution is -2.65. The second-order valence-corrected chi connectivity index (χ2v) is 7.21. The molecular formula is C17H18F2N2O3. The van der Waals surface area contributed by atoms with E-state index in [2.05, 4.69) is 19.7 Å². The molecule has 7 heteroatoms. The highest BCUT2D eigenvalue weighted by molar-refractivity contribution is 5.95. The largest absolute Gasteiger partial charge is 0.586 e. The van der Waals surface area contributed by atoms with Gasteiger partial charge in [-0.1, -0.05) is 0 Å². The molecule has 1 atom stereocenters. The van der Waals surface area contributed by atoms with Gasteiger partial charge in [0.05, 0.1) is 6.04 Å². The lowest BCUT2D eigenvalue weighted by Gasteiger charge is -2.52. The van der Waals surface area contributed by atoms with Gasteiger partial charge in [0.15, 0.2) is 11.5 Å². The molecule has 0 unspecified atom stereocenters. The van der Waals surface area contributed by atoms with E-state index in [0.29, 0.717) is 11.5 Å². The molecule has 3 saturated heterocycles. The van der Waals surface area contributed by atoms with Crippen LogP contribution in [-0.2, 0) is 0 Å². The maximum absolute atomic E-state index is 13.1. The van der Waals surface area contributed by atoms with Gasteiger partial charge in [0.1, 0.15) is 0 Å². The third-order valence-corrected chi connectivity index (χ3v) is 5.93. The highest BCUT2D eigenvalue weighted by Crippen LogP contribution is 2.53. The number of nitrogens with one attached hydrogen (secondary N) is 1. The summed E-state index contributed by atoms with van der Waals surface area (Å²) in [7, 11) is 0. The number of fused-ring (bicyclic) bond motifs is 3. The number of rotatable bonds is 2. The first kappa shape index (κ1) is 14.5. The van der Waals surface area contributed by atoms with Gasteiger partial charge >= 0.3 is 6.29 Å². The number of piperidine rings is 3. The summed E-state index contributed by atoms with van der Waals surface area (Å²) in [5.41, 5.74) is 0.461. The molecule has 4 aliphatic heterocycles. The zero-order chi connectivity index (χ0) is 16.5. The van der Waals surface area contributed by atoms with Crippen LogP contribution in [0.1, 0.15) is 36.0 Å². The summed E-state index contributed by atoms with van der Waals surface area (Å²) in [4.78, 5) is 15.2. The normalized spacial score (nSPS) is 33.5. The van der Waals surface area contributed by atoms with E-state index in [1.54, 1.807) is 0 Å². The number of carbonyl (C=O) groups is 1. The highest BCUT2D eigenvalue weighted by atomic mass is 19.3. The number of halogens is 2. The van der Waals surface area contributed by atoms with Crippen LogP contribution in [0.25, 0.3) is 0 Å². The molecule has 2 bridgehead atoms. The van der Waals surface area contributed by atoms with Crippen molar-refractivity contribution in [1.82, 2.24) is 10.2 Å². The maximum atomic E-state index is 13.1. The van der Waals surface area contributed by atoms with E-state index < -0.39 is 6.29 Å². The molecule has 4 heterocycles. The van der Waals surface area contributed by atoms with E-state index in [-0.39, 0.29) is 29.0 Å². The molecule has 1 N–H and O–H groups in total. The van der Waals surface area contributed by atoms with Crippen molar-refractivity contribution in [2.24, 2.45) is 5.92 Å². The minimum absolute atomic E-state index is 0.0435. The zero-order valence-corrected chi connectivity index (χ0v) is 13.1. The number of hydrogen-bond acceptors (Lipinski definition) is 4. The molecule has 1 spiro atoms. The lowest BCUT2D eigenvalue weighted by molar-refractivity contribution is -0.286. The number of benzene rings is 1. The second-order valence-electron chi connectivity index (χ2n) is 7.21. The van der Waals surface area contributed by atoms with E-state index >= 15 is 0 Å². The summed E-state index contributed by atoms with van der Waals surface area (Å²) in [6.07, 6.45) is 0.815. The zero-order valence-electron chi connectivity index (χ0n) is 13.1. The SMILES string of the molecule is O=C(N[C@@H]1C2CCN(CC2)C12CC2)c1ccc2c(c1)OC(F)(F)O2. The summed E-state index contributed by atoms with van der Waals surface area (Å²) in [5.74, 6) is 0.141. The Bertz CT molecular complexity index is 712. The summed E-state index contributed by atoms with van der Waals surface area (Å²) in [6.45, 7) is 2.24. The van der Waals surface area contributed by atoms with Crippen LogP contribution in [0.3, 0.4) is 0 Å². The van der Waals surface area contributed by atoms with Gasteiger partial charge in [-0.05, 0) is 62.9 Å². The van der Waals surface area contributed by atoms with Gasteiger partial charge < -0.3 is 14.8 Å². The predicted octanol–water partition coefficient (Wildman–Crippen LogP) is 2.36. The van der Waals surface area contributed by atoms with Crippen LogP contribution >= 0.6 is 0 Å². The maximum Gasteiger partial charge on any atom is 0.586 e. The number of amides is 1. The highest BCUT2D eigenvalue weighted by Gasteiger charge is 2.60. The minimum atomic E-state index is -3.66. The van der Waals surface area contributed by atoms with Gasteiger partial charge in [-0.25, -0.2) is 0 Å². The Labute approximate surface area is 137 Å². The van der Waals surface area contributed by atoms with Crippen LogP contribution in [0, 0.1) is 5.92 Å². The van der Waals surface area contributed by atoms with Crippen molar-refractivity contribution in [1.29, 1.82) is 0 Å². The number of nitrogens with zero attached hydrogens (tertiary/aromatic N) is 1. The van der Waals surface area contributed by atoms with Crippen molar-refractivity contribution < 1.29 is 23.0 Å². The van der Waals surface area contributed by atoms with Crippen molar-refractivity contribution >= 4 is 5.91 Å². The smallest absolute Gasteiger partial charge is 0.395 e. The molecule has 1 aliphatic carbocycles. The Hall–Kier alpha value is -1.89. The van der Waals surface area contributed by atoms with Gasteiger partial charge in [0, 0.05) is 11.1 Å². The fourth-order valence-corrected chi connectivity index (χ4v) is 4.64. The van der Waals surface area contributed by atoms with E-state index in [4.69, 9.17) is 0 Å². The third-order valence-electron chi connectivity index (χ3n) is 5.93. The van der Waals surface area contributed by atoms with Crippen LogP contribution in [0.4, 0.5) is 8.78 Å². The third kappa shape index (κ3) is 2.03. The standard InChI is InChI=1S/C17H18F2N2O3/c18-17(19)23-12-2-1-11(9-13(12)24-17)15(22)20-14-10-3-7-21(8-4-10)16(14)5-6-16/h1-2,9-10,14H,3-8H2,(H,20,22)/t14-/m1/s1. The summed E-state index contributed by atoms with van der Waals surface area (Å²) in [5, 5.41) is 3.17. The Morgan fingerprint density at radius 1 is 1.17 bits per heavy atom. The van der Waals surface area contributed by atoms with Crippen molar-refractivity contribution in [3.8, 4) is 11.5 Å². The van der Waals surface area contributed by atoms with E-state index in [0.717, 1.165) is 38.8 Å². The first-order valence-electron chi connectivity index (χ1n) is 8.43. The molecular weight excluding hydrogens is 318 g/mol. The van der Waals surface area contributed by atoms with Crippen LogP contribution in [-0.4, -0.2) is 41.8 Å². The fourth-order valence-electron chi connectivity index (χ4n) is 4.64. The Balaban J connectivity index is 1.37. The Morgan fingerprint density at radius 2 is 1.88 bits per heavy atom. The fraction of sp³-hybridized carbons (Fsp3) is 0.588. The summed E-state index contributed by atoms with van der Waals surface area (Å²) in [6, 6.07) is 4.33. The quantitative estimate of drug-likeness (QED) is 0.901. The first-order valence-corrected chi connectivity index (χ1v) is 8.43. The summed E-state index contributed by atoms with van der Waals surface area (Å²) < 4.78 is 35.0. The molecule has 4 fully saturated rings. The topological polar surface area (TPSA) is 50.8 Å². The number of ether oxygens (including phenoxy) is 2. The van der Waals surface area contributed by atoms with Gasteiger partial charge in [-0.15, -0.1) is 8.78 Å². The van der Waals surface area contributed by atoms with Crippen LogP contribution in [0.15, 0.2) is 18.2 Å². The van der Waals surface area contributed by atoms with Crippen LogP contribution in [0.2, 0.25) is 0 Å². The molecule has 1 saturated carbocycles. The average molecular weight is 336 g/mol. The molecule has 0 radical (unpaired) electrons. The van der Waals surface area contributed by atoms with E-state index in [1.807, 2.05) is 0 Å². The van der Waals surface area contributed by atoms with Gasteiger partial charge in [0.2, 0.25) is 0 Å². The van der Waals surface area contributed by atoms with Crippen molar-refractivity contribution in [3.63, 3.8) is 0 Å². The number of alkyl halides is 2. The number of carbonyl (C=O) groups excluding carboxylic acids is 1. The molecule has 24 heavy (non-hydrogen) atoms. The Kier molecular flexibility index (Phi) is 2.77. The minimum Gasteiger partial charge on any atom is -0.395 e. The van der Waals surface area contributed by atoms with Gasteiger partial charge in [-0.2, -0.15) is 0 Å². The lowest BCUT2D eigenvalue weighted by atomic mass is 9.77. The average Bonchev–Trinajstić information content (AvgIpc) is 3.26. The molecule has 5 nitrogen and oxygen atoms in total. The first-order chi connectivity index (χ1) is 11.5.